The number of rotatable bonds is 10. The molecule has 6 heteroatoms. The largest absolute Gasteiger partial charge is 0.493 e. The second-order valence-corrected chi connectivity index (χ2v) is 7.02. The Bertz CT molecular complexity index is 1110. The van der Waals surface area contributed by atoms with Crippen LogP contribution < -0.4 is 19.5 Å². The normalized spacial score (nSPS) is 12.2. The zero-order chi connectivity index (χ0) is 20.8. The average molecular weight is 406 g/mol. The highest BCUT2D eigenvalue weighted by Gasteiger charge is 2.11. The van der Waals surface area contributed by atoms with Crippen molar-refractivity contribution in [1.29, 1.82) is 0 Å². The van der Waals surface area contributed by atoms with Crippen LogP contribution in [0.4, 0.5) is 0 Å². The standard InChI is InChI=1S/C24H26N2O4/c1-28-21-10-4-5-11-22(21)29-14-13-25-15-17(27)16-30-23-12-6-8-19-18-7-2-3-9-20(18)26-24(19)23/h2-12,17,25-27H,13-16H2,1H3. The Morgan fingerprint density at radius 1 is 0.867 bits per heavy atom. The highest BCUT2D eigenvalue weighted by atomic mass is 16.5. The van der Waals surface area contributed by atoms with E-state index >= 15 is 0 Å². The molecule has 0 saturated carbocycles. The number of aromatic amines is 1. The number of hydrogen-bond acceptors (Lipinski definition) is 5. The van der Waals surface area contributed by atoms with Crippen LogP contribution in [0.1, 0.15) is 0 Å². The molecule has 0 fully saturated rings. The lowest BCUT2D eigenvalue weighted by molar-refractivity contribution is 0.106. The lowest BCUT2D eigenvalue weighted by Gasteiger charge is -2.14. The third kappa shape index (κ3) is 4.50. The molecule has 1 heterocycles. The van der Waals surface area contributed by atoms with Crippen molar-refractivity contribution in [3.05, 3.63) is 66.7 Å². The molecule has 0 aliphatic rings. The van der Waals surface area contributed by atoms with E-state index in [-0.39, 0.29) is 6.61 Å². The summed E-state index contributed by atoms with van der Waals surface area (Å²) in [7, 11) is 1.62. The minimum atomic E-state index is -0.629. The summed E-state index contributed by atoms with van der Waals surface area (Å²) in [5.41, 5.74) is 2.02. The van der Waals surface area contributed by atoms with Crippen LogP contribution in [-0.2, 0) is 0 Å². The van der Waals surface area contributed by atoms with Gasteiger partial charge in [-0.25, -0.2) is 0 Å². The Labute approximate surface area is 175 Å². The molecule has 0 aliphatic carbocycles. The topological polar surface area (TPSA) is 75.7 Å². The van der Waals surface area contributed by atoms with E-state index in [4.69, 9.17) is 14.2 Å². The number of para-hydroxylation sites is 4. The maximum absolute atomic E-state index is 10.3. The lowest BCUT2D eigenvalue weighted by Crippen LogP contribution is -2.33. The molecular formula is C24H26N2O4. The van der Waals surface area contributed by atoms with E-state index in [1.807, 2.05) is 54.6 Å². The Balaban J connectivity index is 1.25. The number of methoxy groups -OCH3 is 1. The zero-order valence-electron chi connectivity index (χ0n) is 16.9. The number of benzene rings is 3. The van der Waals surface area contributed by atoms with E-state index in [1.165, 1.54) is 0 Å². The summed E-state index contributed by atoms with van der Waals surface area (Å²) < 4.78 is 16.9. The van der Waals surface area contributed by atoms with Crippen molar-refractivity contribution in [3.8, 4) is 17.2 Å². The molecule has 6 nitrogen and oxygen atoms in total. The van der Waals surface area contributed by atoms with Gasteiger partial charge < -0.3 is 29.6 Å². The van der Waals surface area contributed by atoms with Crippen molar-refractivity contribution >= 4 is 21.8 Å². The van der Waals surface area contributed by atoms with Crippen molar-refractivity contribution in [1.82, 2.24) is 10.3 Å². The summed E-state index contributed by atoms with van der Waals surface area (Å²) in [6, 6.07) is 21.6. The molecule has 0 aliphatic heterocycles. The average Bonchev–Trinajstić information content (AvgIpc) is 3.17. The van der Waals surface area contributed by atoms with Crippen molar-refractivity contribution in [2.75, 3.05) is 33.4 Å². The van der Waals surface area contributed by atoms with E-state index in [2.05, 4.69) is 22.4 Å². The molecule has 30 heavy (non-hydrogen) atoms. The predicted molar refractivity (Wildman–Crippen MR) is 119 cm³/mol. The van der Waals surface area contributed by atoms with Gasteiger partial charge in [-0.15, -0.1) is 0 Å². The molecular weight excluding hydrogens is 380 g/mol. The SMILES string of the molecule is COc1ccccc1OCCNCC(O)COc1cccc2c1[nH]c1ccccc12. The van der Waals surface area contributed by atoms with Gasteiger partial charge in [0, 0.05) is 29.4 Å². The molecule has 0 bridgehead atoms. The van der Waals surface area contributed by atoms with Gasteiger partial charge in [0.25, 0.3) is 0 Å². The summed E-state index contributed by atoms with van der Waals surface area (Å²) in [6.45, 7) is 1.70. The first-order chi connectivity index (χ1) is 14.8. The number of hydrogen-bond donors (Lipinski definition) is 3. The fourth-order valence-electron chi connectivity index (χ4n) is 3.45. The fraction of sp³-hybridized carbons (Fsp3) is 0.250. The third-order valence-corrected chi connectivity index (χ3v) is 4.92. The molecule has 0 spiro atoms. The number of H-pyrrole nitrogens is 1. The minimum Gasteiger partial charge on any atom is -0.493 e. The van der Waals surface area contributed by atoms with Crippen molar-refractivity contribution in [3.63, 3.8) is 0 Å². The summed E-state index contributed by atoms with van der Waals surface area (Å²) in [5.74, 6) is 2.15. The monoisotopic (exact) mass is 406 g/mol. The van der Waals surface area contributed by atoms with E-state index in [1.54, 1.807) is 7.11 Å². The van der Waals surface area contributed by atoms with Gasteiger partial charge in [0.1, 0.15) is 25.1 Å². The first kappa shape index (κ1) is 20.1. The van der Waals surface area contributed by atoms with Gasteiger partial charge in [-0.2, -0.15) is 0 Å². The Hall–Kier alpha value is -3.22. The van der Waals surface area contributed by atoms with Crippen molar-refractivity contribution < 1.29 is 19.3 Å². The molecule has 1 unspecified atom stereocenters. The van der Waals surface area contributed by atoms with Crippen LogP contribution in [0.3, 0.4) is 0 Å². The van der Waals surface area contributed by atoms with Gasteiger partial charge in [0.05, 0.1) is 12.6 Å². The zero-order valence-corrected chi connectivity index (χ0v) is 16.9. The van der Waals surface area contributed by atoms with Crippen molar-refractivity contribution in [2.45, 2.75) is 6.10 Å². The molecule has 0 radical (unpaired) electrons. The smallest absolute Gasteiger partial charge is 0.161 e. The molecule has 1 aromatic heterocycles. The number of aliphatic hydroxyl groups is 1. The van der Waals surface area contributed by atoms with E-state index in [0.29, 0.717) is 31.2 Å². The quantitative estimate of drug-likeness (QED) is 0.350. The maximum Gasteiger partial charge on any atom is 0.161 e. The highest BCUT2D eigenvalue weighted by Crippen LogP contribution is 2.31. The highest BCUT2D eigenvalue weighted by molar-refractivity contribution is 6.09. The van der Waals surface area contributed by atoms with Crippen molar-refractivity contribution in [2.24, 2.45) is 0 Å². The van der Waals surface area contributed by atoms with Crippen LogP contribution in [0, 0.1) is 0 Å². The van der Waals surface area contributed by atoms with Gasteiger partial charge in [-0.1, -0.05) is 42.5 Å². The lowest BCUT2D eigenvalue weighted by atomic mass is 10.1. The number of nitrogens with one attached hydrogen (secondary N) is 2. The molecule has 3 aromatic carbocycles. The van der Waals surface area contributed by atoms with Crippen LogP contribution in [0.15, 0.2) is 66.7 Å². The first-order valence-corrected chi connectivity index (χ1v) is 10.0. The van der Waals surface area contributed by atoms with E-state index in [0.717, 1.165) is 27.6 Å². The summed E-state index contributed by atoms with van der Waals surface area (Å²) in [6.07, 6.45) is -0.629. The third-order valence-electron chi connectivity index (χ3n) is 4.92. The molecule has 156 valence electrons. The molecule has 4 rings (SSSR count). The van der Waals surface area contributed by atoms with Gasteiger partial charge >= 0.3 is 0 Å². The van der Waals surface area contributed by atoms with Gasteiger partial charge in [-0.3, -0.25) is 0 Å². The van der Waals surface area contributed by atoms with Gasteiger partial charge in [-0.05, 0) is 24.3 Å². The van der Waals surface area contributed by atoms with E-state index in [9.17, 15) is 5.11 Å². The number of ether oxygens (including phenoxy) is 3. The number of fused-ring (bicyclic) bond motifs is 3. The molecule has 0 saturated heterocycles. The fourth-order valence-corrected chi connectivity index (χ4v) is 3.45. The maximum atomic E-state index is 10.3. The molecule has 4 aromatic rings. The second-order valence-electron chi connectivity index (χ2n) is 7.02. The Kier molecular flexibility index (Phi) is 6.37. The van der Waals surface area contributed by atoms with Crippen LogP contribution in [0.2, 0.25) is 0 Å². The van der Waals surface area contributed by atoms with Crippen LogP contribution in [0.25, 0.3) is 21.8 Å². The number of aliphatic hydroxyl groups excluding tert-OH is 1. The van der Waals surface area contributed by atoms with Crippen LogP contribution in [-0.4, -0.2) is 49.6 Å². The second kappa shape index (κ2) is 9.52. The van der Waals surface area contributed by atoms with Gasteiger partial charge in [0.2, 0.25) is 0 Å². The van der Waals surface area contributed by atoms with Gasteiger partial charge in [0.15, 0.2) is 11.5 Å². The molecule has 0 amide bonds. The van der Waals surface area contributed by atoms with E-state index < -0.39 is 6.10 Å². The van der Waals surface area contributed by atoms with Crippen LogP contribution in [0.5, 0.6) is 17.2 Å². The first-order valence-electron chi connectivity index (χ1n) is 10.0. The summed E-state index contributed by atoms with van der Waals surface area (Å²) >= 11 is 0. The summed E-state index contributed by atoms with van der Waals surface area (Å²) in [5, 5.41) is 15.7. The number of aromatic nitrogens is 1. The Morgan fingerprint density at radius 3 is 2.47 bits per heavy atom. The predicted octanol–water partition coefficient (Wildman–Crippen LogP) is 3.74. The molecule has 1 atom stereocenters. The minimum absolute atomic E-state index is 0.203. The Morgan fingerprint density at radius 2 is 1.60 bits per heavy atom. The van der Waals surface area contributed by atoms with Crippen LogP contribution >= 0.6 is 0 Å². The summed E-state index contributed by atoms with van der Waals surface area (Å²) in [4.78, 5) is 3.41. The molecule has 3 N–H and O–H groups in total.